The van der Waals surface area contributed by atoms with Crippen LogP contribution >= 0.6 is 0 Å². The third kappa shape index (κ3) is 3.26. The average Bonchev–Trinajstić information content (AvgIpc) is 3.05. The zero-order valence-corrected chi connectivity index (χ0v) is 13.3. The van der Waals surface area contributed by atoms with Gasteiger partial charge in [0.05, 0.1) is 13.2 Å². The minimum Gasteiger partial charge on any atom is -0.493 e. The summed E-state index contributed by atoms with van der Waals surface area (Å²) in [7, 11) is 1.57. The topological polar surface area (TPSA) is 67.3 Å². The summed E-state index contributed by atoms with van der Waals surface area (Å²) in [6, 6.07) is 7.50. The van der Waals surface area contributed by atoms with Gasteiger partial charge in [-0.25, -0.2) is 9.78 Å². The Balaban J connectivity index is 1.79. The van der Waals surface area contributed by atoms with E-state index in [0.717, 1.165) is 30.6 Å². The van der Waals surface area contributed by atoms with Gasteiger partial charge in [0.2, 0.25) is 0 Å². The largest absolute Gasteiger partial charge is 0.493 e. The van der Waals surface area contributed by atoms with E-state index in [0.29, 0.717) is 11.6 Å². The smallest absolute Gasteiger partial charge is 0.323 e. The van der Waals surface area contributed by atoms with Crippen molar-refractivity contribution in [2.24, 2.45) is 0 Å². The number of methoxy groups -OCH3 is 1. The molecule has 1 N–H and O–H groups in total. The number of pyridine rings is 2. The van der Waals surface area contributed by atoms with Crippen LogP contribution in [0.3, 0.4) is 0 Å². The van der Waals surface area contributed by atoms with Crippen LogP contribution in [0, 0.1) is 6.92 Å². The summed E-state index contributed by atoms with van der Waals surface area (Å²) in [5, 5.41) is 2.88. The van der Waals surface area contributed by atoms with Crippen LogP contribution in [0.5, 0.6) is 5.75 Å². The lowest BCUT2D eigenvalue weighted by Gasteiger charge is -2.25. The van der Waals surface area contributed by atoms with Crippen molar-refractivity contribution >= 4 is 11.8 Å². The zero-order chi connectivity index (χ0) is 16.2. The minimum absolute atomic E-state index is 0.0776. The van der Waals surface area contributed by atoms with E-state index in [1.807, 2.05) is 36.1 Å². The second-order valence-electron chi connectivity index (χ2n) is 5.57. The molecular formula is C17H20N4O2. The molecule has 1 aliphatic heterocycles. The van der Waals surface area contributed by atoms with Gasteiger partial charge in [0.25, 0.3) is 0 Å². The van der Waals surface area contributed by atoms with Crippen molar-refractivity contribution < 1.29 is 9.53 Å². The van der Waals surface area contributed by atoms with Crippen LogP contribution < -0.4 is 10.1 Å². The average molecular weight is 312 g/mol. The summed E-state index contributed by atoms with van der Waals surface area (Å²) in [6.45, 7) is 2.61. The Labute approximate surface area is 135 Å². The SMILES string of the molecule is COc1ccc(C)nc1NC(=O)N1CCC[C@H]1c1ccncc1. The molecule has 1 fully saturated rings. The first kappa shape index (κ1) is 15.3. The minimum atomic E-state index is -0.152. The number of carbonyl (C=O) groups excluding carboxylic acids is 1. The van der Waals surface area contributed by atoms with Crippen molar-refractivity contribution in [2.45, 2.75) is 25.8 Å². The molecule has 0 spiro atoms. The standard InChI is InChI=1S/C17H20N4O2/c1-12-5-6-15(23-2)16(19-12)20-17(22)21-11-3-4-14(21)13-7-9-18-10-8-13/h5-10,14H,3-4,11H2,1-2H3,(H,19,20,22)/t14-/m0/s1. The Morgan fingerprint density at radius 2 is 2.09 bits per heavy atom. The summed E-state index contributed by atoms with van der Waals surface area (Å²) < 4.78 is 5.27. The summed E-state index contributed by atoms with van der Waals surface area (Å²) in [6.07, 6.45) is 5.46. The highest BCUT2D eigenvalue weighted by Crippen LogP contribution is 2.32. The Bertz CT molecular complexity index is 690. The Hall–Kier alpha value is -2.63. The van der Waals surface area contributed by atoms with Crippen LogP contribution in [-0.4, -0.2) is 34.6 Å². The lowest BCUT2D eigenvalue weighted by atomic mass is 10.1. The molecule has 0 bridgehead atoms. The number of amides is 2. The number of carbonyl (C=O) groups is 1. The second kappa shape index (κ2) is 6.64. The quantitative estimate of drug-likeness (QED) is 0.945. The van der Waals surface area contributed by atoms with Crippen LogP contribution in [0.1, 0.15) is 30.1 Å². The number of nitrogens with one attached hydrogen (secondary N) is 1. The van der Waals surface area contributed by atoms with Crippen molar-refractivity contribution in [1.29, 1.82) is 0 Å². The van der Waals surface area contributed by atoms with Gasteiger partial charge in [-0.05, 0) is 49.6 Å². The van der Waals surface area contributed by atoms with E-state index in [2.05, 4.69) is 15.3 Å². The maximum absolute atomic E-state index is 12.7. The number of aromatic nitrogens is 2. The lowest BCUT2D eigenvalue weighted by molar-refractivity contribution is 0.207. The molecule has 2 aromatic heterocycles. The van der Waals surface area contributed by atoms with Crippen molar-refractivity contribution in [1.82, 2.24) is 14.9 Å². The molecule has 0 aromatic carbocycles. The van der Waals surface area contributed by atoms with E-state index < -0.39 is 0 Å². The number of likely N-dealkylation sites (tertiary alicyclic amines) is 1. The predicted molar refractivity (Wildman–Crippen MR) is 87.5 cm³/mol. The normalized spacial score (nSPS) is 17.1. The van der Waals surface area contributed by atoms with Crippen LogP contribution in [0.15, 0.2) is 36.7 Å². The van der Waals surface area contributed by atoms with Gasteiger partial charge in [-0.1, -0.05) is 0 Å². The Kier molecular flexibility index (Phi) is 4.41. The molecule has 3 heterocycles. The van der Waals surface area contributed by atoms with E-state index in [9.17, 15) is 4.79 Å². The highest BCUT2D eigenvalue weighted by Gasteiger charge is 2.30. The number of hydrogen-bond acceptors (Lipinski definition) is 4. The lowest BCUT2D eigenvalue weighted by Crippen LogP contribution is -2.34. The van der Waals surface area contributed by atoms with Gasteiger partial charge < -0.3 is 9.64 Å². The predicted octanol–water partition coefficient (Wildman–Crippen LogP) is 3.16. The summed E-state index contributed by atoms with van der Waals surface area (Å²) >= 11 is 0. The van der Waals surface area contributed by atoms with Crippen LogP contribution in [0.2, 0.25) is 0 Å². The molecule has 1 atom stereocenters. The number of aryl methyl sites for hydroxylation is 1. The monoisotopic (exact) mass is 312 g/mol. The molecule has 2 amide bonds. The van der Waals surface area contributed by atoms with E-state index in [1.54, 1.807) is 19.5 Å². The number of anilines is 1. The van der Waals surface area contributed by atoms with Gasteiger partial charge >= 0.3 is 6.03 Å². The van der Waals surface area contributed by atoms with Gasteiger partial charge in [-0.2, -0.15) is 0 Å². The number of urea groups is 1. The zero-order valence-electron chi connectivity index (χ0n) is 13.3. The second-order valence-corrected chi connectivity index (χ2v) is 5.57. The maximum atomic E-state index is 12.7. The van der Waals surface area contributed by atoms with Crippen molar-refractivity contribution in [3.8, 4) is 5.75 Å². The molecule has 0 saturated carbocycles. The molecule has 6 nitrogen and oxygen atoms in total. The third-order valence-electron chi connectivity index (χ3n) is 4.05. The molecule has 23 heavy (non-hydrogen) atoms. The van der Waals surface area contributed by atoms with Crippen molar-refractivity contribution in [2.75, 3.05) is 19.0 Å². The molecule has 6 heteroatoms. The van der Waals surface area contributed by atoms with Crippen LogP contribution in [-0.2, 0) is 0 Å². The highest BCUT2D eigenvalue weighted by atomic mass is 16.5. The third-order valence-corrected chi connectivity index (χ3v) is 4.05. The van der Waals surface area contributed by atoms with Gasteiger partial charge in [0, 0.05) is 24.6 Å². The Morgan fingerprint density at radius 1 is 1.30 bits per heavy atom. The van der Waals surface area contributed by atoms with E-state index in [4.69, 9.17) is 4.74 Å². The summed E-state index contributed by atoms with van der Waals surface area (Å²) in [5.74, 6) is 1.02. The van der Waals surface area contributed by atoms with Crippen LogP contribution in [0.25, 0.3) is 0 Å². The maximum Gasteiger partial charge on any atom is 0.323 e. The molecule has 2 aromatic rings. The van der Waals surface area contributed by atoms with Gasteiger partial charge in [-0.3, -0.25) is 10.3 Å². The first-order valence-electron chi connectivity index (χ1n) is 7.68. The van der Waals surface area contributed by atoms with E-state index in [1.165, 1.54) is 0 Å². The van der Waals surface area contributed by atoms with Gasteiger partial charge in [0.1, 0.15) is 0 Å². The number of rotatable bonds is 3. The molecular weight excluding hydrogens is 292 g/mol. The molecule has 0 aliphatic carbocycles. The number of hydrogen-bond donors (Lipinski definition) is 1. The van der Waals surface area contributed by atoms with Crippen molar-refractivity contribution in [3.05, 3.63) is 47.9 Å². The van der Waals surface area contributed by atoms with Crippen LogP contribution in [0.4, 0.5) is 10.6 Å². The van der Waals surface area contributed by atoms with Crippen molar-refractivity contribution in [3.63, 3.8) is 0 Å². The van der Waals surface area contributed by atoms with E-state index >= 15 is 0 Å². The molecule has 0 unspecified atom stereocenters. The fourth-order valence-corrected chi connectivity index (χ4v) is 2.91. The molecule has 3 rings (SSSR count). The number of ether oxygens (including phenoxy) is 1. The van der Waals surface area contributed by atoms with Gasteiger partial charge in [0.15, 0.2) is 11.6 Å². The molecule has 1 aliphatic rings. The fourth-order valence-electron chi connectivity index (χ4n) is 2.91. The van der Waals surface area contributed by atoms with Gasteiger partial charge in [-0.15, -0.1) is 0 Å². The summed E-state index contributed by atoms with van der Waals surface area (Å²) in [5.41, 5.74) is 1.94. The Morgan fingerprint density at radius 3 is 2.83 bits per heavy atom. The molecule has 1 saturated heterocycles. The molecule has 0 radical (unpaired) electrons. The number of nitrogens with zero attached hydrogens (tertiary/aromatic N) is 3. The fraction of sp³-hybridized carbons (Fsp3) is 0.353. The molecule has 120 valence electrons. The highest BCUT2D eigenvalue weighted by molar-refractivity contribution is 5.90. The van der Waals surface area contributed by atoms with E-state index in [-0.39, 0.29) is 12.1 Å². The summed E-state index contributed by atoms with van der Waals surface area (Å²) in [4.78, 5) is 22.9. The first-order chi connectivity index (χ1) is 11.2. The first-order valence-corrected chi connectivity index (χ1v) is 7.68.